The number of hydrogen-bond acceptors (Lipinski definition) is 5. The summed E-state index contributed by atoms with van der Waals surface area (Å²) in [4.78, 5) is 36.5. The molecular formula is C13H16N2O5S. The van der Waals surface area contributed by atoms with Gasteiger partial charge < -0.3 is 20.1 Å². The van der Waals surface area contributed by atoms with Gasteiger partial charge in [-0.05, 0) is 11.4 Å². The molecule has 0 aliphatic carbocycles. The fraction of sp³-hybridized carbons (Fsp3) is 0.462. The average Bonchev–Trinajstić information content (AvgIpc) is 2.98. The Hall–Kier alpha value is -1.93. The zero-order chi connectivity index (χ0) is 15.2. The normalized spacial score (nSPS) is 18.3. The number of carboxylic acid groups (broad SMARTS) is 1. The molecule has 1 aromatic rings. The van der Waals surface area contributed by atoms with E-state index in [0.717, 1.165) is 0 Å². The minimum atomic E-state index is -0.958. The number of carbonyl (C=O) groups is 3. The lowest BCUT2D eigenvalue weighted by molar-refractivity contribution is -0.147. The fourth-order valence-electron chi connectivity index (χ4n) is 2.03. The van der Waals surface area contributed by atoms with Crippen molar-refractivity contribution in [2.24, 2.45) is 0 Å². The quantitative estimate of drug-likeness (QED) is 0.808. The predicted octanol–water partition coefficient (Wildman–Crippen LogP) is 0.180. The number of aliphatic carboxylic acids is 1. The topological polar surface area (TPSA) is 95.9 Å². The summed E-state index contributed by atoms with van der Waals surface area (Å²) in [7, 11) is 0. The first-order chi connectivity index (χ1) is 10.1. The van der Waals surface area contributed by atoms with Crippen molar-refractivity contribution in [3.63, 3.8) is 0 Å². The van der Waals surface area contributed by atoms with Crippen LogP contribution in [0, 0.1) is 0 Å². The molecule has 1 aliphatic rings. The number of thiophene rings is 1. The van der Waals surface area contributed by atoms with E-state index in [1.165, 1.54) is 16.2 Å². The summed E-state index contributed by atoms with van der Waals surface area (Å²) < 4.78 is 5.29. The zero-order valence-corrected chi connectivity index (χ0v) is 12.1. The van der Waals surface area contributed by atoms with Gasteiger partial charge in [-0.2, -0.15) is 0 Å². The van der Waals surface area contributed by atoms with Gasteiger partial charge in [0.25, 0.3) is 5.91 Å². The summed E-state index contributed by atoms with van der Waals surface area (Å²) in [6.45, 7) is 0.850. The highest BCUT2D eigenvalue weighted by Gasteiger charge is 2.26. The van der Waals surface area contributed by atoms with Crippen molar-refractivity contribution in [3.8, 4) is 0 Å². The van der Waals surface area contributed by atoms with Crippen LogP contribution in [0.5, 0.6) is 0 Å². The number of amides is 2. The molecular weight excluding hydrogens is 296 g/mol. The minimum Gasteiger partial charge on any atom is -0.481 e. The van der Waals surface area contributed by atoms with Crippen LogP contribution in [0.15, 0.2) is 17.5 Å². The Balaban J connectivity index is 1.80. The molecule has 0 radical (unpaired) electrons. The van der Waals surface area contributed by atoms with E-state index in [1.54, 1.807) is 17.5 Å². The molecule has 0 aromatic carbocycles. The molecule has 1 aliphatic heterocycles. The smallest absolute Gasteiger partial charge is 0.306 e. The van der Waals surface area contributed by atoms with Gasteiger partial charge in [-0.15, -0.1) is 11.3 Å². The molecule has 1 saturated heterocycles. The van der Waals surface area contributed by atoms with Gasteiger partial charge in [0.1, 0.15) is 0 Å². The van der Waals surface area contributed by atoms with Gasteiger partial charge in [0.15, 0.2) is 0 Å². The number of nitrogens with one attached hydrogen (secondary N) is 1. The third-order valence-corrected chi connectivity index (χ3v) is 3.91. The molecule has 1 atom stereocenters. The Bertz CT molecular complexity index is 517. The Kier molecular flexibility index (Phi) is 5.29. The van der Waals surface area contributed by atoms with E-state index in [4.69, 9.17) is 9.84 Å². The maximum atomic E-state index is 12.0. The highest BCUT2D eigenvalue weighted by atomic mass is 32.1. The first kappa shape index (κ1) is 15.5. The molecule has 2 amide bonds. The molecule has 2 N–H and O–H groups in total. The summed E-state index contributed by atoms with van der Waals surface area (Å²) in [6.07, 6.45) is -0.626. The molecule has 21 heavy (non-hydrogen) atoms. The summed E-state index contributed by atoms with van der Waals surface area (Å²) >= 11 is 1.30. The van der Waals surface area contributed by atoms with Gasteiger partial charge in [-0.25, -0.2) is 0 Å². The molecule has 0 bridgehead atoms. The molecule has 2 heterocycles. The molecule has 8 heteroatoms. The first-order valence-electron chi connectivity index (χ1n) is 6.49. The Morgan fingerprint density at radius 2 is 2.29 bits per heavy atom. The van der Waals surface area contributed by atoms with E-state index in [9.17, 15) is 14.4 Å². The lowest BCUT2D eigenvalue weighted by atomic mass is 10.2. The van der Waals surface area contributed by atoms with E-state index in [1.807, 2.05) is 0 Å². The van der Waals surface area contributed by atoms with Crippen LogP contribution in [-0.4, -0.2) is 60.1 Å². The Labute approximate surface area is 125 Å². The number of carboxylic acids is 1. The van der Waals surface area contributed by atoms with Crippen molar-refractivity contribution in [1.82, 2.24) is 10.2 Å². The third kappa shape index (κ3) is 4.54. The molecule has 0 spiro atoms. The number of hydrogen-bond donors (Lipinski definition) is 2. The van der Waals surface area contributed by atoms with Crippen LogP contribution in [-0.2, 0) is 14.3 Å². The minimum absolute atomic E-state index is 0.101. The van der Waals surface area contributed by atoms with E-state index in [2.05, 4.69) is 5.32 Å². The van der Waals surface area contributed by atoms with Gasteiger partial charge in [0.2, 0.25) is 5.91 Å². The lowest BCUT2D eigenvalue weighted by Gasteiger charge is -2.32. The second kappa shape index (κ2) is 7.19. The molecule has 1 unspecified atom stereocenters. The highest BCUT2D eigenvalue weighted by molar-refractivity contribution is 7.12. The van der Waals surface area contributed by atoms with Gasteiger partial charge >= 0.3 is 5.97 Å². The summed E-state index contributed by atoms with van der Waals surface area (Å²) in [5.41, 5.74) is 0. The Morgan fingerprint density at radius 3 is 2.95 bits per heavy atom. The number of morpholine rings is 1. The molecule has 7 nitrogen and oxygen atoms in total. The van der Waals surface area contributed by atoms with Crippen molar-refractivity contribution in [2.45, 2.75) is 12.5 Å². The average molecular weight is 312 g/mol. The second-order valence-corrected chi connectivity index (χ2v) is 5.54. The maximum absolute atomic E-state index is 12.0. The van der Waals surface area contributed by atoms with Crippen LogP contribution in [0.4, 0.5) is 0 Å². The summed E-state index contributed by atoms with van der Waals surface area (Å²) in [5.74, 6) is -1.48. The maximum Gasteiger partial charge on any atom is 0.306 e. The van der Waals surface area contributed by atoms with Gasteiger partial charge in [0.05, 0.1) is 30.6 Å². The standard InChI is InChI=1S/C13H16N2O5S/c16-11(7-14-13(19)10-2-1-5-21-10)15-3-4-20-9(8-15)6-12(17)18/h1-2,5,9H,3-4,6-8H2,(H,14,19)(H,17,18). The monoisotopic (exact) mass is 312 g/mol. The summed E-state index contributed by atoms with van der Waals surface area (Å²) in [5, 5.41) is 13.1. The lowest BCUT2D eigenvalue weighted by Crippen LogP contribution is -2.49. The van der Waals surface area contributed by atoms with Crippen LogP contribution in [0.3, 0.4) is 0 Å². The van der Waals surface area contributed by atoms with E-state index in [0.29, 0.717) is 18.0 Å². The Morgan fingerprint density at radius 1 is 1.48 bits per heavy atom. The van der Waals surface area contributed by atoms with Crippen LogP contribution in [0.2, 0.25) is 0 Å². The fourth-order valence-corrected chi connectivity index (χ4v) is 2.67. The number of rotatable bonds is 5. The zero-order valence-electron chi connectivity index (χ0n) is 11.3. The van der Waals surface area contributed by atoms with Crippen molar-refractivity contribution in [2.75, 3.05) is 26.2 Å². The largest absolute Gasteiger partial charge is 0.481 e. The van der Waals surface area contributed by atoms with Crippen molar-refractivity contribution in [1.29, 1.82) is 0 Å². The van der Waals surface area contributed by atoms with Crippen LogP contribution in [0.1, 0.15) is 16.1 Å². The van der Waals surface area contributed by atoms with E-state index >= 15 is 0 Å². The summed E-state index contributed by atoms with van der Waals surface area (Å²) in [6, 6.07) is 3.45. The van der Waals surface area contributed by atoms with Crippen LogP contribution < -0.4 is 5.32 Å². The van der Waals surface area contributed by atoms with Crippen molar-refractivity contribution < 1.29 is 24.2 Å². The van der Waals surface area contributed by atoms with E-state index in [-0.39, 0.29) is 31.3 Å². The number of nitrogens with zero attached hydrogens (tertiary/aromatic N) is 1. The van der Waals surface area contributed by atoms with Crippen molar-refractivity contribution in [3.05, 3.63) is 22.4 Å². The highest BCUT2D eigenvalue weighted by Crippen LogP contribution is 2.10. The molecule has 114 valence electrons. The molecule has 1 fully saturated rings. The van der Waals surface area contributed by atoms with Gasteiger partial charge in [0, 0.05) is 13.1 Å². The molecule has 0 saturated carbocycles. The van der Waals surface area contributed by atoms with Gasteiger partial charge in [-0.3, -0.25) is 14.4 Å². The number of ether oxygens (including phenoxy) is 1. The van der Waals surface area contributed by atoms with E-state index < -0.39 is 12.1 Å². The third-order valence-electron chi connectivity index (χ3n) is 3.04. The first-order valence-corrected chi connectivity index (χ1v) is 7.37. The number of carbonyl (C=O) groups excluding carboxylic acids is 2. The SMILES string of the molecule is O=C(O)CC1CN(C(=O)CNC(=O)c2cccs2)CCO1. The predicted molar refractivity (Wildman–Crippen MR) is 75.2 cm³/mol. The molecule has 1 aromatic heterocycles. The van der Waals surface area contributed by atoms with Crippen molar-refractivity contribution >= 4 is 29.1 Å². The van der Waals surface area contributed by atoms with Gasteiger partial charge in [-0.1, -0.05) is 6.07 Å². The molecule has 2 rings (SSSR count). The van der Waals surface area contributed by atoms with Crippen LogP contribution >= 0.6 is 11.3 Å². The van der Waals surface area contributed by atoms with Crippen LogP contribution in [0.25, 0.3) is 0 Å². The second-order valence-electron chi connectivity index (χ2n) is 4.59.